The smallest absolute Gasteiger partial charge is 0.462 e. The quantitative estimate of drug-likeness (QED) is 0.0357. The number of nitrogens with one attached hydrogen (secondary N) is 1. The molecule has 0 radical (unpaired) electrons. The van der Waals surface area contributed by atoms with Gasteiger partial charge >= 0.3 is 19.8 Å². The maximum Gasteiger partial charge on any atom is 0.469 e. The molecule has 45 heavy (non-hydrogen) atoms. The van der Waals surface area contributed by atoms with Crippen molar-refractivity contribution >= 4 is 25.7 Å². The van der Waals surface area contributed by atoms with Crippen LogP contribution in [-0.2, 0) is 32.9 Å². The molecule has 0 bridgehead atoms. The zero-order valence-corrected chi connectivity index (χ0v) is 29.5. The van der Waals surface area contributed by atoms with Crippen LogP contribution < -0.4 is 5.32 Å². The molecule has 0 aliphatic carbocycles. The molecule has 0 aromatic carbocycles. The Morgan fingerprint density at radius 1 is 0.600 bits per heavy atom. The van der Waals surface area contributed by atoms with Gasteiger partial charge in [0, 0.05) is 26.3 Å². The van der Waals surface area contributed by atoms with Gasteiger partial charge in [-0.3, -0.25) is 18.9 Å². The van der Waals surface area contributed by atoms with Crippen molar-refractivity contribution in [2.24, 2.45) is 0 Å². The highest BCUT2D eigenvalue weighted by atomic mass is 31.2. The van der Waals surface area contributed by atoms with Crippen molar-refractivity contribution in [1.29, 1.82) is 0 Å². The van der Waals surface area contributed by atoms with Crippen LogP contribution >= 0.6 is 7.82 Å². The van der Waals surface area contributed by atoms with Crippen LogP contribution in [-0.4, -0.2) is 53.5 Å². The molecule has 11 heteroatoms. The predicted molar refractivity (Wildman–Crippen MR) is 179 cm³/mol. The summed E-state index contributed by atoms with van der Waals surface area (Å²) in [4.78, 5) is 53.4. The molecule has 10 nitrogen and oxygen atoms in total. The van der Waals surface area contributed by atoms with E-state index in [0.29, 0.717) is 12.8 Å². The molecule has 1 amide bonds. The van der Waals surface area contributed by atoms with Gasteiger partial charge in [-0.05, 0) is 19.3 Å². The number of esters is 2. The van der Waals surface area contributed by atoms with Crippen molar-refractivity contribution in [2.45, 2.75) is 180 Å². The van der Waals surface area contributed by atoms with Crippen LogP contribution in [0.4, 0.5) is 0 Å². The fourth-order valence-corrected chi connectivity index (χ4v) is 5.52. The molecule has 0 fully saturated rings. The fraction of sp³-hybridized carbons (Fsp3) is 0.912. The lowest BCUT2D eigenvalue weighted by atomic mass is 10.0. The molecule has 0 aromatic rings. The van der Waals surface area contributed by atoms with E-state index in [2.05, 4.69) is 16.8 Å². The highest BCUT2D eigenvalue weighted by Gasteiger charge is 2.22. The Morgan fingerprint density at radius 2 is 1.00 bits per heavy atom. The Balaban J connectivity index is 3.91. The van der Waals surface area contributed by atoms with Crippen LogP contribution in [0.3, 0.4) is 0 Å². The van der Waals surface area contributed by atoms with E-state index >= 15 is 0 Å². The van der Waals surface area contributed by atoms with E-state index in [9.17, 15) is 18.9 Å². The molecular weight excluding hydrogens is 597 g/mol. The van der Waals surface area contributed by atoms with Crippen LogP contribution in [0.15, 0.2) is 0 Å². The minimum absolute atomic E-state index is 0.0385. The van der Waals surface area contributed by atoms with E-state index in [1.807, 2.05) is 0 Å². The molecule has 3 N–H and O–H groups in total. The molecule has 0 aliphatic rings. The van der Waals surface area contributed by atoms with Gasteiger partial charge in [-0.15, -0.1) is 0 Å². The van der Waals surface area contributed by atoms with Crippen molar-refractivity contribution in [3.63, 3.8) is 0 Å². The summed E-state index contributed by atoms with van der Waals surface area (Å²) in [6.07, 6.45) is 25.6. The third-order valence-electron chi connectivity index (χ3n) is 7.82. The number of unbranched alkanes of at least 4 members (excludes halogenated alkanes) is 21. The van der Waals surface area contributed by atoms with Crippen LogP contribution in [0.25, 0.3) is 0 Å². The van der Waals surface area contributed by atoms with Gasteiger partial charge in [0.15, 0.2) is 6.10 Å². The summed E-state index contributed by atoms with van der Waals surface area (Å²) in [5.41, 5.74) is 0. The van der Waals surface area contributed by atoms with Crippen LogP contribution in [0.1, 0.15) is 174 Å². The second-order valence-corrected chi connectivity index (χ2v) is 13.6. The van der Waals surface area contributed by atoms with Gasteiger partial charge in [0.25, 0.3) is 0 Å². The van der Waals surface area contributed by atoms with Gasteiger partial charge in [0.1, 0.15) is 6.61 Å². The number of rotatable bonds is 33. The highest BCUT2D eigenvalue weighted by molar-refractivity contribution is 7.46. The number of ether oxygens (including phenoxy) is 2. The van der Waals surface area contributed by atoms with Gasteiger partial charge in [-0.1, -0.05) is 135 Å². The lowest BCUT2D eigenvalue weighted by Crippen LogP contribution is -2.29. The summed E-state index contributed by atoms with van der Waals surface area (Å²) >= 11 is 0. The Kier molecular flexibility index (Phi) is 30.1. The topological polar surface area (TPSA) is 148 Å². The lowest BCUT2D eigenvalue weighted by Gasteiger charge is -2.18. The Morgan fingerprint density at radius 3 is 1.42 bits per heavy atom. The number of carbonyl (C=O) groups is 3. The predicted octanol–water partition coefficient (Wildman–Crippen LogP) is 8.46. The second kappa shape index (κ2) is 31.1. The summed E-state index contributed by atoms with van der Waals surface area (Å²) in [6.45, 7) is 3.71. The Labute approximate surface area is 273 Å². The first-order valence-corrected chi connectivity index (χ1v) is 19.5. The van der Waals surface area contributed by atoms with Gasteiger partial charge in [0.2, 0.25) is 5.91 Å². The van der Waals surface area contributed by atoms with Crippen molar-refractivity contribution in [1.82, 2.24) is 5.32 Å². The number of amides is 1. The molecule has 0 aromatic heterocycles. The standard InChI is InChI=1S/C34H66NO9P/c1-3-4-5-6-7-8-11-15-18-21-24-27-34(38)44-32(30-43-45(39,40)41)29-42-33(37)26-23-20-17-14-12-9-10-13-16-19-22-25-28-35-31(2)36/h32H,3-30H2,1-2H3,(H,35,36)(H2,39,40,41)/t32-/m1/s1. The number of carbonyl (C=O) groups excluding carboxylic acids is 3. The fourth-order valence-electron chi connectivity index (χ4n) is 5.16. The first-order chi connectivity index (χ1) is 21.6. The van der Waals surface area contributed by atoms with E-state index < -0.39 is 32.5 Å². The first-order valence-electron chi connectivity index (χ1n) is 17.9. The van der Waals surface area contributed by atoms with Crippen molar-refractivity contribution in [3.05, 3.63) is 0 Å². The van der Waals surface area contributed by atoms with Crippen LogP contribution in [0.2, 0.25) is 0 Å². The van der Waals surface area contributed by atoms with Gasteiger partial charge in [-0.25, -0.2) is 4.57 Å². The van der Waals surface area contributed by atoms with Crippen LogP contribution in [0.5, 0.6) is 0 Å². The number of phosphoric ester groups is 1. The third-order valence-corrected chi connectivity index (χ3v) is 8.31. The molecular formula is C34H66NO9P. The molecule has 0 aliphatic heterocycles. The van der Waals surface area contributed by atoms with Gasteiger partial charge in [0.05, 0.1) is 6.61 Å². The number of phosphoric acid groups is 1. The van der Waals surface area contributed by atoms with Gasteiger partial charge in [-0.2, -0.15) is 0 Å². The van der Waals surface area contributed by atoms with Crippen molar-refractivity contribution in [2.75, 3.05) is 19.8 Å². The average molecular weight is 664 g/mol. The zero-order chi connectivity index (χ0) is 33.4. The summed E-state index contributed by atoms with van der Waals surface area (Å²) < 4.78 is 26.2. The largest absolute Gasteiger partial charge is 0.469 e. The molecule has 0 rings (SSSR count). The molecule has 0 spiro atoms. The minimum Gasteiger partial charge on any atom is -0.462 e. The summed E-state index contributed by atoms with van der Waals surface area (Å²) in [7, 11) is -4.75. The van der Waals surface area contributed by atoms with Crippen LogP contribution in [0, 0.1) is 0 Å². The molecule has 0 saturated carbocycles. The molecule has 0 heterocycles. The Bertz CT molecular complexity index is 775. The highest BCUT2D eigenvalue weighted by Crippen LogP contribution is 2.36. The maximum atomic E-state index is 12.3. The van der Waals surface area contributed by atoms with E-state index in [1.54, 1.807) is 6.92 Å². The third kappa shape index (κ3) is 35.2. The number of hydrogen-bond acceptors (Lipinski definition) is 7. The number of hydrogen-bond donors (Lipinski definition) is 3. The second-order valence-electron chi connectivity index (χ2n) is 12.3. The summed E-state index contributed by atoms with van der Waals surface area (Å²) in [6, 6.07) is 0. The van der Waals surface area contributed by atoms with Crippen molar-refractivity contribution in [3.8, 4) is 0 Å². The normalized spacial score (nSPS) is 12.2. The first kappa shape index (κ1) is 43.5. The molecule has 0 unspecified atom stereocenters. The van der Waals surface area contributed by atoms with Gasteiger partial charge < -0.3 is 24.6 Å². The molecule has 1 atom stereocenters. The summed E-state index contributed by atoms with van der Waals surface area (Å²) in [5, 5.41) is 2.82. The summed E-state index contributed by atoms with van der Waals surface area (Å²) in [5.74, 6) is -0.869. The van der Waals surface area contributed by atoms with E-state index in [4.69, 9.17) is 19.3 Å². The van der Waals surface area contributed by atoms with E-state index in [1.165, 1.54) is 83.5 Å². The zero-order valence-electron chi connectivity index (χ0n) is 28.6. The van der Waals surface area contributed by atoms with E-state index in [-0.39, 0.29) is 25.4 Å². The SMILES string of the molecule is CCCCCCCCCCCCCC(=O)O[C@H](COC(=O)CCCCCCCCCCCCCCNC(C)=O)COP(=O)(O)O. The van der Waals surface area contributed by atoms with E-state index in [0.717, 1.165) is 57.9 Å². The molecule has 0 saturated heterocycles. The monoisotopic (exact) mass is 663 g/mol. The van der Waals surface area contributed by atoms with Crippen molar-refractivity contribution < 1.29 is 42.7 Å². The lowest BCUT2D eigenvalue weighted by molar-refractivity contribution is -0.161. The molecule has 266 valence electrons. The maximum absolute atomic E-state index is 12.3. The average Bonchev–Trinajstić information content (AvgIpc) is 2.98. The minimum atomic E-state index is -4.75. The Hall–Kier alpha value is -1.48.